The zero-order valence-electron chi connectivity index (χ0n) is 6.59. The molecule has 0 saturated heterocycles. The minimum atomic E-state index is 0.318. The van der Waals surface area contributed by atoms with E-state index in [1.54, 1.807) is 0 Å². The molecule has 1 nitrogen and oxygen atoms in total. The maximum Gasteiger partial charge on any atom is 0.0650 e. The van der Waals surface area contributed by atoms with Gasteiger partial charge in [-0.1, -0.05) is 13.0 Å². The molecule has 1 aliphatic carbocycles. The number of fused-ring (bicyclic) bond motifs is 1. The Morgan fingerprint density at radius 2 is 2.60 bits per heavy atom. The molecule has 1 fully saturated rings. The molecule has 0 radical (unpaired) electrons. The second kappa shape index (κ2) is 1.71. The number of dihydropyridines is 1. The van der Waals surface area contributed by atoms with E-state index in [9.17, 15) is 0 Å². The van der Waals surface area contributed by atoms with Gasteiger partial charge in [0.05, 0.1) is 5.54 Å². The lowest BCUT2D eigenvalue weighted by atomic mass is 10.1. The molecule has 0 bridgehead atoms. The van der Waals surface area contributed by atoms with Gasteiger partial charge in [0.15, 0.2) is 0 Å². The van der Waals surface area contributed by atoms with Gasteiger partial charge in [-0.25, -0.2) is 0 Å². The first-order chi connectivity index (χ1) is 4.74. The van der Waals surface area contributed by atoms with Gasteiger partial charge in [0, 0.05) is 12.1 Å². The van der Waals surface area contributed by atoms with Gasteiger partial charge < -0.3 is 0 Å². The number of nitrogens with zero attached hydrogens (tertiary/aromatic N) is 1. The Labute approximate surface area is 61.9 Å². The summed E-state index contributed by atoms with van der Waals surface area (Å²) >= 11 is 0. The highest BCUT2D eigenvalue weighted by molar-refractivity contribution is 5.81. The van der Waals surface area contributed by atoms with Gasteiger partial charge in [0.1, 0.15) is 0 Å². The summed E-state index contributed by atoms with van der Waals surface area (Å²) in [6, 6.07) is 0. The zero-order valence-corrected chi connectivity index (χ0v) is 6.59. The topological polar surface area (TPSA) is 12.4 Å². The average molecular weight is 135 g/mol. The van der Waals surface area contributed by atoms with Crippen LogP contribution in [-0.2, 0) is 0 Å². The Balaban J connectivity index is 2.20. The van der Waals surface area contributed by atoms with Gasteiger partial charge >= 0.3 is 0 Å². The van der Waals surface area contributed by atoms with Crippen molar-refractivity contribution >= 4 is 6.21 Å². The second-order valence-electron chi connectivity index (χ2n) is 3.52. The number of aliphatic imine (C=N–C) groups is 1. The first-order valence-corrected chi connectivity index (χ1v) is 4.00. The van der Waals surface area contributed by atoms with Crippen LogP contribution in [0.4, 0.5) is 0 Å². The molecule has 0 amide bonds. The first-order valence-electron chi connectivity index (χ1n) is 4.00. The Morgan fingerprint density at radius 3 is 3.20 bits per heavy atom. The van der Waals surface area contributed by atoms with E-state index in [4.69, 9.17) is 0 Å². The van der Waals surface area contributed by atoms with Crippen molar-refractivity contribution in [1.82, 2.24) is 0 Å². The summed E-state index contributed by atoms with van der Waals surface area (Å²) in [6.07, 6.45) is 6.83. The third-order valence-corrected chi connectivity index (χ3v) is 2.62. The van der Waals surface area contributed by atoms with Gasteiger partial charge in [-0.2, -0.15) is 0 Å². The molecule has 1 saturated carbocycles. The minimum Gasteiger partial charge on any atom is -0.286 e. The van der Waals surface area contributed by atoms with Crippen LogP contribution in [-0.4, -0.2) is 11.8 Å². The molecule has 2 unspecified atom stereocenters. The molecule has 1 heterocycles. The van der Waals surface area contributed by atoms with Crippen LogP contribution < -0.4 is 0 Å². The Morgan fingerprint density at radius 1 is 1.80 bits per heavy atom. The van der Waals surface area contributed by atoms with Crippen LogP contribution in [0.25, 0.3) is 0 Å². The number of hydrogen-bond donors (Lipinski definition) is 0. The van der Waals surface area contributed by atoms with Crippen molar-refractivity contribution in [3.8, 4) is 0 Å². The quantitative estimate of drug-likeness (QED) is 0.522. The molecule has 1 heteroatoms. The first kappa shape index (κ1) is 6.14. The van der Waals surface area contributed by atoms with Crippen LogP contribution in [0.5, 0.6) is 0 Å². The second-order valence-corrected chi connectivity index (χ2v) is 3.52. The van der Waals surface area contributed by atoms with Crippen molar-refractivity contribution in [2.75, 3.05) is 0 Å². The van der Waals surface area contributed by atoms with Crippen molar-refractivity contribution in [2.45, 2.75) is 32.2 Å². The molecule has 0 N–H and O–H groups in total. The van der Waals surface area contributed by atoms with Crippen LogP contribution >= 0.6 is 0 Å². The van der Waals surface area contributed by atoms with Gasteiger partial charge in [0.2, 0.25) is 0 Å². The van der Waals surface area contributed by atoms with Crippen molar-refractivity contribution < 1.29 is 0 Å². The lowest BCUT2D eigenvalue weighted by Gasteiger charge is -2.08. The third kappa shape index (κ3) is 0.731. The number of hydrogen-bond acceptors (Lipinski definition) is 1. The van der Waals surface area contributed by atoms with Crippen LogP contribution in [0.2, 0.25) is 0 Å². The van der Waals surface area contributed by atoms with Crippen molar-refractivity contribution in [1.29, 1.82) is 0 Å². The molecule has 0 spiro atoms. The third-order valence-electron chi connectivity index (χ3n) is 2.62. The molecule has 0 aromatic rings. The molecular weight excluding hydrogens is 122 g/mol. The molecule has 10 heavy (non-hydrogen) atoms. The van der Waals surface area contributed by atoms with E-state index in [0.717, 1.165) is 12.3 Å². The SMILES string of the molecule is CCC1=CC2CC2(C)N=C1. The molecule has 1 aliphatic heterocycles. The Bertz CT molecular complexity index is 215. The van der Waals surface area contributed by atoms with E-state index in [1.165, 1.54) is 12.0 Å². The van der Waals surface area contributed by atoms with Crippen molar-refractivity contribution in [2.24, 2.45) is 10.9 Å². The predicted molar refractivity (Wildman–Crippen MR) is 43.4 cm³/mol. The van der Waals surface area contributed by atoms with Crippen molar-refractivity contribution in [3.05, 3.63) is 11.6 Å². The minimum absolute atomic E-state index is 0.318. The average Bonchev–Trinajstić information content (AvgIpc) is 2.59. The fraction of sp³-hybridized carbons (Fsp3) is 0.667. The molecule has 0 aromatic carbocycles. The fourth-order valence-electron chi connectivity index (χ4n) is 1.51. The highest BCUT2D eigenvalue weighted by Gasteiger charge is 2.49. The van der Waals surface area contributed by atoms with Crippen LogP contribution in [0.3, 0.4) is 0 Å². The maximum absolute atomic E-state index is 4.49. The predicted octanol–water partition coefficient (Wildman–Crippen LogP) is 2.19. The van der Waals surface area contributed by atoms with Gasteiger partial charge in [-0.15, -0.1) is 0 Å². The largest absolute Gasteiger partial charge is 0.286 e. The molecule has 0 aromatic heterocycles. The molecular formula is C9H13N. The summed E-state index contributed by atoms with van der Waals surface area (Å²) in [6.45, 7) is 4.42. The molecule has 2 atom stereocenters. The smallest absolute Gasteiger partial charge is 0.0650 e. The summed E-state index contributed by atoms with van der Waals surface area (Å²) < 4.78 is 0. The molecule has 54 valence electrons. The monoisotopic (exact) mass is 135 g/mol. The zero-order chi connectivity index (χ0) is 7.19. The summed E-state index contributed by atoms with van der Waals surface area (Å²) in [4.78, 5) is 4.49. The summed E-state index contributed by atoms with van der Waals surface area (Å²) in [5.74, 6) is 0.771. The van der Waals surface area contributed by atoms with Gasteiger partial charge in [-0.05, 0) is 25.3 Å². The van der Waals surface area contributed by atoms with E-state index in [1.807, 2.05) is 6.21 Å². The van der Waals surface area contributed by atoms with E-state index in [0.29, 0.717) is 5.54 Å². The normalized spacial score (nSPS) is 42.6. The molecule has 2 rings (SSSR count). The Hall–Kier alpha value is -0.590. The number of allylic oxidation sites excluding steroid dienone is 1. The van der Waals surface area contributed by atoms with Gasteiger partial charge in [-0.3, -0.25) is 4.99 Å². The van der Waals surface area contributed by atoms with E-state index >= 15 is 0 Å². The van der Waals surface area contributed by atoms with Crippen LogP contribution in [0, 0.1) is 5.92 Å². The summed E-state index contributed by atoms with van der Waals surface area (Å²) in [5.41, 5.74) is 1.73. The lowest BCUT2D eigenvalue weighted by molar-refractivity contribution is 0.711. The van der Waals surface area contributed by atoms with E-state index < -0.39 is 0 Å². The standard InChI is InChI=1S/C9H13N/c1-3-7-4-8-5-9(8,2)10-6-7/h4,6,8H,3,5H2,1-2H3. The number of rotatable bonds is 1. The fourth-order valence-corrected chi connectivity index (χ4v) is 1.51. The van der Waals surface area contributed by atoms with E-state index in [-0.39, 0.29) is 0 Å². The highest BCUT2D eigenvalue weighted by atomic mass is 14.9. The Kier molecular flexibility index (Phi) is 1.05. The van der Waals surface area contributed by atoms with Crippen LogP contribution in [0.15, 0.2) is 16.6 Å². The molecule has 2 aliphatic rings. The maximum atomic E-state index is 4.49. The van der Waals surface area contributed by atoms with Gasteiger partial charge in [0.25, 0.3) is 0 Å². The lowest BCUT2D eigenvalue weighted by Crippen LogP contribution is -2.06. The van der Waals surface area contributed by atoms with E-state index in [2.05, 4.69) is 24.9 Å². The van der Waals surface area contributed by atoms with Crippen molar-refractivity contribution in [3.63, 3.8) is 0 Å². The van der Waals surface area contributed by atoms with Crippen LogP contribution in [0.1, 0.15) is 26.7 Å². The summed E-state index contributed by atoms with van der Waals surface area (Å²) in [5, 5.41) is 0. The highest BCUT2D eigenvalue weighted by Crippen LogP contribution is 2.49. The summed E-state index contributed by atoms with van der Waals surface area (Å²) in [7, 11) is 0.